The van der Waals surface area contributed by atoms with Crippen LogP contribution in [0.1, 0.15) is 6.42 Å². The van der Waals surface area contributed by atoms with Gasteiger partial charge in [-0.2, -0.15) is 0 Å². The Hall–Kier alpha value is -1.65. The molecule has 3 nitrogen and oxygen atoms in total. The number of fused-ring (bicyclic) bond motifs is 1. The molecule has 1 aromatic heterocycles. The van der Waals surface area contributed by atoms with Crippen molar-refractivity contribution in [2.75, 3.05) is 5.32 Å². The highest BCUT2D eigenvalue weighted by Gasteiger charge is 2.22. The van der Waals surface area contributed by atoms with Gasteiger partial charge >= 0.3 is 0 Å². The number of hydrogen-bond acceptors (Lipinski definition) is 3. The van der Waals surface area contributed by atoms with E-state index in [0.717, 1.165) is 11.1 Å². The minimum atomic E-state index is -0.0989. The first-order valence-corrected chi connectivity index (χ1v) is 6.82. The molecule has 0 saturated heterocycles. The molecule has 0 bridgehead atoms. The summed E-state index contributed by atoms with van der Waals surface area (Å²) in [7, 11) is 0. The fourth-order valence-corrected chi connectivity index (χ4v) is 2.97. The second-order valence-corrected chi connectivity index (χ2v) is 5.50. The minimum absolute atomic E-state index is 0.0140. The van der Waals surface area contributed by atoms with Crippen LogP contribution >= 0.6 is 11.3 Å². The second-order valence-electron chi connectivity index (χ2n) is 4.55. The first-order chi connectivity index (χ1) is 8.72. The molecule has 3 N–H and O–H groups in total. The first kappa shape index (κ1) is 11.4. The number of benzene rings is 1. The van der Waals surface area contributed by atoms with Gasteiger partial charge in [0.25, 0.3) is 0 Å². The number of rotatable bonds is 2. The van der Waals surface area contributed by atoms with E-state index in [0.29, 0.717) is 6.42 Å². The summed E-state index contributed by atoms with van der Waals surface area (Å²) in [6.07, 6.45) is 4.49. The zero-order valence-corrected chi connectivity index (χ0v) is 10.6. The smallest absolute Gasteiger partial charge is 0.231 e. The highest BCUT2D eigenvalue weighted by Crippen LogP contribution is 2.25. The molecular weight excluding hydrogens is 244 g/mol. The summed E-state index contributed by atoms with van der Waals surface area (Å²) in [5, 5.41) is 6.16. The molecular formula is C14H14N2OS. The summed E-state index contributed by atoms with van der Waals surface area (Å²) in [4.78, 5) is 12.0. The van der Waals surface area contributed by atoms with Crippen LogP contribution in [0.25, 0.3) is 10.1 Å². The number of carbonyl (C=O) groups is 1. The Kier molecular flexibility index (Phi) is 2.89. The molecule has 0 aliphatic heterocycles. The molecule has 2 atom stereocenters. The predicted molar refractivity (Wildman–Crippen MR) is 75.7 cm³/mol. The normalized spacial score (nSPS) is 22.5. The minimum Gasteiger partial charge on any atom is -0.326 e. The molecule has 4 heteroatoms. The van der Waals surface area contributed by atoms with Gasteiger partial charge in [-0.05, 0) is 41.5 Å². The van der Waals surface area contributed by atoms with Crippen LogP contribution in [0, 0.1) is 5.92 Å². The van der Waals surface area contributed by atoms with Crippen molar-refractivity contribution < 1.29 is 4.79 Å². The van der Waals surface area contributed by atoms with Gasteiger partial charge in [0, 0.05) is 16.4 Å². The van der Waals surface area contributed by atoms with E-state index in [1.165, 1.54) is 4.70 Å². The molecule has 1 aliphatic rings. The van der Waals surface area contributed by atoms with E-state index in [-0.39, 0.29) is 17.9 Å². The van der Waals surface area contributed by atoms with E-state index in [9.17, 15) is 4.79 Å². The highest BCUT2D eigenvalue weighted by atomic mass is 32.1. The lowest BCUT2D eigenvalue weighted by Gasteiger charge is -2.10. The molecule has 18 heavy (non-hydrogen) atoms. The summed E-state index contributed by atoms with van der Waals surface area (Å²) < 4.78 is 1.23. The van der Waals surface area contributed by atoms with Crippen molar-refractivity contribution in [3.05, 3.63) is 41.8 Å². The van der Waals surface area contributed by atoms with Gasteiger partial charge in [-0.15, -0.1) is 11.3 Å². The van der Waals surface area contributed by atoms with Crippen molar-refractivity contribution in [1.82, 2.24) is 0 Å². The van der Waals surface area contributed by atoms with Crippen LogP contribution in [-0.4, -0.2) is 11.9 Å². The molecule has 3 rings (SSSR count). The quantitative estimate of drug-likeness (QED) is 0.814. The van der Waals surface area contributed by atoms with Gasteiger partial charge in [-0.25, -0.2) is 0 Å². The van der Waals surface area contributed by atoms with Gasteiger partial charge in [-0.1, -0.05) is 12.2 Å². The fourth-order valence-electron chi connectivity index (χ4n) is 2.20. The van der Waals surface area contributed by atoms with E-state index in [4.69, 9.17) is 5.73 Å². The van der Waals surface area contributed by atoms with E-state index >= 15 is 0 Å². The third-order valence-electron chi connectivity index (χ3n) is 3.17. The summed E-state index contributed by atoms with van der Waals surface area (Å²) in [6, 6.07) is 8.05. The third kappa shape index (κ3) is 2.17. The number of nitrogens with one attached hydrogen (secondary N) is 1. The maximum absolute atomic E-state index is 12.0. The van der Waals surface area contributed by atoms with Crippen molar-refractivity contribution in [3.8, 4) is 0 Å². The van der Waals surface area contributed by atoms with Crippen molar-refractivity contribution in [1.29, 1.82) is 0 Å². The second kappa shape index (κ2) is 4.55. The topological polar surface area (TPSA) is 55.1 Å². The van der Waals surface area contributed by atoms with Gasteiger partial charge in [-0.3, -0.25) is 4.79 Å². The van der Waals surface area contributed by atoms with E-state index < -0.39 is 0 Å². The van der Waals surface area contributed by atoms with E-state index in [1.54, 1.807) is 11.3 Å². The van der Waals surface area contributed by atoms with Crippen LogP contribution in [0.2, 0.25) is 0 Å². The van der Waals surface area contributed by atoms with Crippen molar-refractivity contribution in [3.63, 3.8) is 0 Å². The number of amides is 1. The maximum atomic E-state index is 12.0. The predicted octanol–water partition coefficient (Wildman–Crippen LogP) is 2.74. The summed E-state index contributed by atoms with van der Waals surface area (Å²) in [6.45, 7) is 0. The fraction of sp³-hybridized carbons (Fsp3) is 0.214. The molecule has 2 unspecified atom stereocenters. The van der Waals surface area contributed by atoms with Gasteiger partial charge in [0.1, 0.15) is 0 Å². The largest absolute Gasteiger partial charge is 0.326 e. The molecule has 1 amide bonds. The van der Waals surface area contributed by atoms with E-state index in [2.05, 4.69) is 16.8 Å². The Morgan fingerprint density at radius 1 is 1.33 bits per heavy atom. The van der Waals surface area contributed by atoms with Crippen LogP contribution in [0.15, 0.2) is 41.8 Å². The number of anilines is 1. The van der Waals surface area contributed by atoms with Gasteiger partial charge in [0.05, 0.1) is 5.92 Å². The molecule has 1 aromatic carbocycles. The average Bonchev–Trinajstić information content (AvgIpc) is 2.96. The van der Waals surface area contributed by atoms with Crippen LogP contribution in [0.5, 0.6) is 0 Å². The number of carbonyl (C=O) groups excluding carboxylic acids is 1. The Bertz CT molecular complexity index is 617. The SMILES string of the molecule is NC1C=CC(C(=O)Nc2ccc3sccc3c2)C1. The van der Waals surface area contributed by atoms with Gasteiger partial charge in [0.15, 0.2) is 0 Å². The zero-order chi connectivity index (χ0) is 12.5. The highest BCUT2D eigenvalue weighted by molar-refractivity contribution is 7.17. The number of hydrogen-bond donors (Lipinski definition) is 2. The third-order valence-corrected chi connectivity index (χ3v) is 4.07. The average molecular weight is 258 g/mol. The maximum Gasteiger partial charge on any atom is 0.231 e. The molecule has 0 fully saturated rings. The Morgan fingerprint density at radius 2 is 2.22 bits per heavy atom. The van der Waals surface area contributed by atoms with Gasteiger partial charge in [0.2, 0.25) is 5.91 Å². The summed E-state index contributed by atoms with van der Waals surface area (Å²) >= 11 is 1.70. The molecule has 0 radical (unpaired) electrons. The summed E-state index contributed by atoms with van der Waals surface area (Å²) in [5.41, 5.74) is 6.60. The molecule has 0 spiro atoms. The number of nitrogens with two attached hydrogens (primary N) is 1. The lowest BCUT2D eigenvalue weighted by Crippen LogP contribution is -2.23. The molecule has 92 valence electrons. The number of thiophene rings is 1. The molecule has 2 aromatic rings. The van der Waals surface area contributed by atoms with Crippen molar-refractivity contribution in [2.45, 2.75) is 12.5 Å². The van der Waals surface area contributed by atoms with Crippen LogP contribution in [-0.2, 0) is 4.79 Å². The van der Waals surface area contributed by atoms with Crippen LogP contribution < -0.4 is 11.1 Å². The lowest BCUT2D eigenvalue weighted by molar-refractivity contribution is -0.118. The van der Waals surface area contributed by atoms with Crippen LogP contribution in [0.3, 0.4) is 0 Å². The molecule has 1 heterocycles. The molecule has 1 aliphatic carbocycles. The van der Waals surface area contributed by atoms with Gasteiger partial charge < -0.3 is 11.1 Å². The first-order valence-electron chi connectivity index (χ1n) is 5.94. The standard InChI is InChI=1S/C14H14N2OS/c15-11-2-1-10(7-11)14(17)16-12-3-4-13-9(8-12)5-6-18-13/h1-6,8,10-11H,7,15H2,(H,16,17). The Labute approximate surface area is 109 Å². The van der Waals surface area contributed by atoms with Crippen LogP contribution in [0.4, 0.5) is 5.69 Å². The lowest BCUT2D eigenvalue weighted by atomic mass is 10.1. The molecule has 0 saturated carbocycles. The summed E-state index contributed by atoms with van der Waals surface area (Å²) in [5.74, 6) is -0.0769. The van der Waals surface area contributed by atoms with Crippen molar-refractivity contribution >= 4 is 33.0 Å². The van der Waals surface area contributed by atoms with Crippen molar-refractivity contribution in [2.24, 2.45) is 11.7 Å². The zero-order valence-electron chi connectivity index (χ0n) is 9.80. The van der Waals surface area contributed by atoms with E-state index in [1.807, 2.05) is 30.4 Å². The Balaban J connectivity index is 1.75. The monoisotopic (exact) mass is 258 g/mol. The Morgan fingerprint density at radius 3 is 3.00 bits per heavy atom.